The molecule has 0 aliphatic rings. The van der Waals surface area contributed by atoms with Gasteiger partial charge in [0.25, 0.3) is 0 Å². The number of pyridine rings is 1. The third-order valence-corrected chi connectivity index (χ3v) is 2.11. The monoisotopic (exact) mass is 233 g/mol. The van der Waals surface area contributed by atoms with Crippen molar-refractivity contribution in [1.29, 1.82) is 0 Å². The summed E-state index contributed by atoms with van der Waals surface area (Å²) < 4.78 is 4.96. The van der Waals surface area contributed by atoms with Gasteiger partial charge in [-0.05, 0) is 13.8 Å². The summed E-state index contributed by atoms with van der Waals surface area (Å²) >= 11 is 0. The van der Waals surface area contributed by atoms with Gasteiger partial charge in [-0.15, -0.1) is 0 Å². The summed E-state index contributed by atoms with van der Waals surface area (Å²) in [6.07, 6.45) is 3.78. The van der Waals surface area contributed by atoms with Gasteiger partial charge in [0.05, 0.1) is 17.8 Å². The zero-order valence-corrected chi connectivity index (χ0v) is 9.43. The van der Waals surface area contributed by atoms with Gasteiger partial charge < -0.3 is 9.72 Å². The van der Waals surface area contributed by atoms with Crippen molar-refractivity contribution in [1.82, 2.24) is 15.0 Å². The number of nitrogens with zero attached hydrogens (tertiary/aromatic N) is 2. The fraction of sp³-hybridized carbons (Fsp3) is 0.273. The van der Waals surface area contributed by atoms with Crippen LogP contribution in [0, 0.1) is 0 Å². The molecule has 17 heavy (non-hydrogen) atoms. The standard InChI is InChI=1S/C11H11N3O3/c1-6(2)17-11(16)7-3-13-8-4-12-5-14-9(8)10(7)15/h3-6H,1-2H3,(H,13,15). The van der Waals surface area contributed by atoms with Crippen molar-refractivity contribution in [2.45, 2.75) is 20.0 Å². The molecule has 88 valence electrons. The molecule has 0 aliphatic heterocycles. The highest BCUT2D eigenvalue weighted by Gasteiger charge is 2.15. The van der Waals surface area contributed by atoms with E-state index in [2.05, 4.69) is 15.0 Å². The molecule has 2 rings (SSSR count). The van der Waals surface area contributed by atoms with Crippen molar-refractivity contribution < 1.29 is 9.53 Å². The first-order valence-electron chi connectivity index (χ1n) is 5.12. The Hall–Kier alpha value is -2.24. The van der Waals surface area contributed by atoms with E-state index >= 15 is 0 Å². The van der Waals surface area contributed by atoms with Gasteiger partial charge in [0.2, 0.25) is 5.43 Å². The highest BCUT2D eigenvalue weighted by Crippen LogP contribution is 2.04. The Morgan fingerprint density at radius 2 is 2.24 bits per heavy atom. The number of hydrogen-bond donors (Lipinski definition) is 1. The van der Waals surface area contributed by atoms with Crippen LogP contribution in [-0.4, -0.2) is 27.0 Å². The van der Waals surface area contributed by atoms with E-state index in [0.717, 1.165) is 0 Å². The van der Waals surface area contributed by atoms with Crippen LogP contribution in [0.3, 0.4) is 0 Å². The van der Waals surface area contributed by atoms with Crippen LogP contribution < -0.4 is 5.43 Å². The van der Waals surface area contributed by atoms with Crippen LogP contribution in [0.4, 0.5) is 0 Å². The van der Waals surface area contributed by atoms with Gasteiger partial charge in [-0.25, -0.2) is 14.8 Å². The summed E-state index contributed by atoms with van der Waals surface area (Å²) in [4.78, 5) is 34.0. The van der Waals surface area contributed by atoms with Crippen LogP contribution in [0.2, 0.25) is 0 Å². The van der Waals surface area contributed by atoms with Crippen LogP contribution >= 0.6 is 0 Å². The van der Waals surface area contributed by atoms with Crippen LogP contribution in [-0.2, 0) is 4.74 Å². The van der Waals surface area contributed by atoms with E-state index in [-0.39, 0.29) is 17.2 Å². The molecule has 0 atom stereocenters. The summed E-state index contributed by atoms with van der Waals surface area (Å²) in [7, 11) is 0. The minimum atomic E-state index is -0.651. The number of carbonyl (C=O) groups is 1. The molecule has 0 bridgehead atoms. The summed E-state index contributed by atoms with van der Waals surface area (Å²) in [6.45, 7) is 3.44. The minimum Gasteiger partial charge on any atom is -0.459 e. The molecule has 0 aromatic carbocycles. The van der Waals surface area contributed by atoms with Gasteiger partial charge in [-0.1, -0.05) is 0 Å². The molecule has 2 aromatic rings. The van der Waals surface area contributed by atoms with Crippen molar-refractivity contribution in [2.75, 3.05) is 0 Å². The van der Waals surface area contributed by atoms with E-state index in [4.69, 9.17) is 4.74 Å². The Kier molecular flexibility index (Phi) is 2.86. The molecule has 6 nitrogen and oxygen atoms in total. The van der Waals surface area contributed by atoms with Crippen molar-refractivity contribution in [3.05, 3.63) is 34.5 Å². The normalized spacial score (nSPS) is 10.8. The number of aromatic amines is 1. The van der Waals surface area contributed by atoms with Gasteiger partial charge in [0, 0.05) is 6.20 Å². The molecule has 6 heteroatoms. The van der Waals surface area contributed by atoms with E-state index in [1.807, 2.05) is 0 Å². The molecular weight excluding hydrogens is 222 g/mol. The van der Waals surface area contributed by atoms with Gasteiger partial charge in [-0.2, -0.15) is 0 Å². The first-order valence-corrected chi connectivity index (χ1v) is 5.12. The predicted octanol–water partition coefficient (Wildman–Crippen LogP) is 0.883. The van der Waals surface area contributed by atoms with Gasteiger partial charge in [0.1, 0.15) is 17.4 Å². The summed E-state index contributed by atoms with van der Waals surface area (Å²) in [6, 6.07) is 0. The van der Waals surface area contributed by atoms with Crippen molar-refractivity contribution >= 4 is 17.0 Å². The average molecular weight is 233 g/mol. The molecule has 0 radical (unpaired) electrons. The number of carbonyl (C=O) groups excluding carboxylic acids is 1. The van der Waals surface area contributed by atoms with Crippen molar-refractivity contribution in [2.24, 2.45) is 0 Å². The largest absolute Gasteiger partial charge is 0.459 e. The van der Waals surface area contributed by atoms with E-state index in [1.54, 1.807) is 13.8 Å². The number of ether oxygens (including phenoxy) is 1. The number of rotatable bonds is 2. The molecule has 2 heterocycles. The first-order chi connectivity index (χ1) is 8.09. The topological polar surface area (TPSA) is 84.9 Å². The number of H-pyrrole nitrogens is 1. The second-order valence-electron chi connectivity index (χ2n) is 3.77. The third-order valence-electron chi connectivity index (χ3n) is 2.11. The van der Waals surface area contributed by atoms with E-state index in [1.165, 1.54) is 18.7 Å². The maximum absolute atomic E-state index is 11.9. The second-order valence-corrected chi connectivity index (χ2v) is 3.77. The highest BCUT2D eigenvalue weighted by molar-refractivity contribution is 5.92. The molecule has 0 spiro atoms. The predicted molar refractivity (Wildman–Crippen MR) is 60.7 cm³/mol. The molecule has 0 unspecified atom stereocenters. The van der Waals surface area contributed by atoms with Gasteiger partial charge in [-0.3, -0.25) is 4.79 Å². The minimum absolute atomic E-state index is 0.0510. The van der Waals surface area contributed by atoms with E-state index < -0.39 is 11.4 Å². The molecule has 0 amide bonds. The fourth-order valence-electron chi connectivity index (χ4n) is 1.39. The summed E-state index contributed by atoms with van der Waals surface area (Å²) in [5.41, 5.74) is 0.161. The lowest BCUT2D eigenvalue weighted by Gasteiger charge is -2.07. The molecule has 0 aliphatic carbocycles. The molecule has 2 aromatic heterocycles. The van der Waals surface area contributed by atoms with Gasteiger partial charge in [0.15, 0.2) is 0 Å². The smallest absolute Gasteiger partial charge is 0.343 e. The summed E-state index contributed by atoms with van der Waals surface area (Å²) in [5.74, 6) is -0.651. The molecule has 0 fully saturated rings. The Balaban J connectivity index is 2.53. The Morgan fingerprint density at radius 1 is 1.47 bits per heavy atom. The Labute approximate surface area is 96.7 Å². The van der Waals surface area contributed by atoms with Crippen LogP contribution in [0.1, 0.15) is 24.2 Å². The second kappa shape index (κ2) is 4.32. The highest BCUT2D eigenvalue weighted by atomic mass is 16.5. The maximum Gasteiger partial charge on any atom is 0.343 e. The number of esters is 1. The van der Waals surface area contributed by atoms with Crippen molar-refractivity contribution in [3.8, 4) is 0 Å². The van der Waals surface area contributed by atoms with E-state index in [0.29, 0.717) is 5.52 Å². The summed E-state index contributed by atoms with van der Waals surface area (Å²) in [5, 5.41) is 0. The zero-order valence-electron chi connectivity index (χ0n) is 9.43. The van der Waals surface area contributed by atoms with Crippen LogP contribution in [0.5, 0.6) is 0 Å². The third kappa shape index (κ3) is 2.15. The first kappa shape index (κ1) is 11.3. The van der Waals surface area contributed by atoms with E-state index in [9.17, 15) is 9.59 Å². The molecule has 1 N–H and O–H groups in total. The number of hydrogen-bond acceptors (Lipinski definition) is 5. The molecule has 0 saturated carbocycles. The quantitative estimate of drug-likeness (QED) is 0.778. The number of nitrogens with one attached hydrogen (secondary N) is 1. The molecular formula is C11H11N3O3. The maximum atomic E-state index is 11.9. The van der Waals surface area contributed by atoms with Gasteiger partial charge >= 0.3 is 5.97 Å². The molecule has 0 saturated heterocycles. The average Bonchev–Trinajstić information content (AvgIpc) is 2.28. The number of aromatic nitrogens is 3. The lowest BCUT2D eigenvalue weighted by molar-refractivity contribution is 0.0376. The van der Waals surface area contributed by atoms with Crippen LogP contribution in [0.15, 0.2) is 23.5 Å². The lowest BCUT2D eigenvalue weighted by Crippen LogP contribution is -2.21. The lowest BCUT2D eigenvalue weighted by atomic mass is 10.2. The zero-order chi connectivity index (χ0) is 12.4. The Bertz CT molecular complexity index is 619. The Morgan fingerprint density at radius 3 is 2.94 bits per heavy atom. The number of fused-ring (bicyclic) bond motifs is 1. The SMILES string of the molecule is CC(C)OC(=O)c1c[nH]c2cncnc2c1=O. The van der Waals surface area contributed by atoms with Crippen molar-refractivity contribution in [3.63, 3.8) is 0 Å². The fourth-order valence-corrected chi connectivity index (χ4v) is 1.39. The van der Waals surface area contributed by atoms with Crippen LogP contribution in [0.25, 0.3) is 11.0 Å².